The first-order valence-corrected chi connectivity index (χ1v) is 6.29. The molecule has 1 heterocycles. The Morgan fingerprint density at radius 3 is 2.61 bits per heavy atom. The topological polar surface area (TPSA) is 50.9 Å². The Morgan fingerprint density at radius 1 is 1.33 bits per heavy atom. The highest BCUT2D eigenvalue weighted by molar-refractivity contribution is 5.33. The van der Waals surface area contributed by atoms with Gasteiger partial charge in [-0.05, 0) is 18.4 Å². The van der Waals surface area contributed by atoms with Crippen LogP contribution < -0.4 is 0 Å². The second-order valence-electron chi connectivity index (χ2n) is 5.13. The van der Waals surface area contributed by atoms with Crippen LogP contribution >= 0.6 is 0 Å². The average Bonchev–Trinajstić information content (AvgIpc) is 3.10. The molecule has 18 heavy (non-hydrogen) atoms. The number of hydrogen-bond donors (Lipinski definition) is 1. The standard InChI is InChI=1S/C14H17N3O/c1-17-10-12(15-16-17)9-13(18)14(7-8-14)11-5-3-2-4-6-11/h2-6,10,13,18H,7-9H2,1H3. The van der Waals surface area contributed by atoms with Gasteiger partial charge in [-0.25, -0.2) is 0 Å². The molecule has 1 aliphatic carbocycles. The van der Waals surface area contributed by atoms with Crippen LogP contribution in [0.25, 0.3) is 0 Å². The molecule has 3 rings (SSSR count). The van der Waals surface area contributed by atoms with Crippen LogP contribution in [0.4, 0.5) is 0 Å². The molecule has 1 aromatic carbocycles. The fourth-order valence-corrected chi connectivity index (χ4v) is 2.60. The van der Waals surface area contributed by atoms with Gasteiger partial charge in [-0.15, -0.1) is 5.10 Å². The average molecular weight is 243 g/mol. The van der Waals surface area contributed by atoms with Gasteiger partial charge in [-0.3, -0.25) is 4.68 Å². The highest BCUT2D eigenvalue weighted by Gasteiger charge is 2.50. The fourth-order valence-electron chi connectivity index (χ4n) is 2.60. The molecule has 0 radical (unpaired) electrons. The van der Waals surface area contributed by atoms with Gasteiger partial charge >= 0.3 is 0 Å². The largest absolute Gasteiger partial charge is 0.392 e. The molecule has 0 spiro atoms. The van der Waals surface area contributed by atoms with E-state index in [1.54, 1.807) is 4.68 Å². The summed E-state index contributed by atoms with van der Waals surface area (Å²) in [5.74, 6) is 0. The zero-order valence-corrected chi connectivity index (χ0v) is 10.5. The number of rotatable bonds is 4. The predicted molar refractivity (Wildman–Crippen MR) is 68.1 cm³/mol. The van der Waals surface area contributed by atoms with Gasteiger partial charge in [0.05, 0.1) is 11.8 Å². The van der Waals surface area contributed by atoms with E-state index in [9.17, 15) is 5.11 Å². The van der Waals surface area contributed by atoms with E-state index in [2.05, 4.69) is 22.4 Å². The van der Waals surface area contributed by atoms with Crippen molar-refractivity contribution in [2.24, 2.45) is 7.05 Å². The maximum atomic E-state index is 10.5. The first-order chi connectivity index (χ1) is 8.71. The quantitative estimate of drug-likeness (QED) is 0.884. The molecule has 94 valence electrons. The smallest absolute Gasteiger partial charge is 0.0853 e. The van der Waals surface area contributed by atoms with Crippen molar-refractivity contribution in [2.45, 2.75) is 30.8 Å². The van der Waals surface area contributed by atoms with E-state index < -0.39 is 0 Å². The Labute approximate surface area is 106 Å². The van der Waals surface area contributed by atoms with Crippen molar-refractivity contribution in [2.75, 3.05) is 0 Å². The van der Waals surface area contributed by atoms with Crippen LogP contribution in [0.15, 0.2) is 36.5 Å². The maximum absolute atomic E-state index is 10.5. The first-order valence-electron chi connectivity index (χ1n) is 6.29. The van der Waals surface area contributed by atoms with E-state index in [-0.39, 0.29) is 11.5 Å². The van der Waals surface area contributed by atoms with E-state index in [4.69, 9.17) is 0 Å². The van der Waals surface area contributed by atoms with E-state index in [1.165, 1.54) is 5.56 Å². The van der Waals surface area contributed by atoms with Crippen LogP contribution in [-0.4, -0.2) is 26.2 Å². The van der Waals surface area contributed by atoms with Crippen molar-refractivity contribution in [3.05, 3.63) is 47.8 Å². The van der Waals surface area contributed by atoms with Crippen molar-refractivity contribution < 1.29 is 5.11 Å². The monoisotopic (exact) mass is 243 g/mol. The summed E-state index contributed by atoms with van der Waals surface area (Å²) < 4.78 is 1.67. The van der Waals surface area contributed by atoms with Crippen molar-refractivity contribution in [3.8, 4) is 0 Å². The Bertz CT molecular complexity index is 531. The minimum Gasteiger partial charge on any atom is -0.392 e. The van der Waals surface area contributed by atoms with Gasteiger partial charge in [-0.2, -0.15) is 0 Å². The lowest BCUT2D eigenvalue weighted by atomic mass is 9.88. The molecule has 0 amide bonds. The minimum absolute atomic E-state index is 0.0568. The fraction of sp³-hybridized carbons (Fsp3) is 0.429. The lowest BCUT2D eigenvalue weighted by Gasteiger charge is -2.21. The van der Waals surface area contributed by atoms with Gasteiger partial charge in [-0.1, -0.05) is 35.5 Å². The second kappa shape index (κ2) is 4.21. The summed E-state index contributed by atoms with van der Waals surface area (Å²) in [5.41, 5.74) is 2.03. The van der Waals surface area contributed by atoms with Crippen molar-refractivity contribution in [1.82, 2.24) is 15.0 Å². The normalized spacial score (nSPS) is 18.6. The number of benzene rings is 1. The Balaban J connectivity index is 1.78. The van der Waals surface area contributed by atoms with Crippen LogP contribution in [-0.2, 0) is 18.9 Å². The molecule has 4 heteroatoms. The van der Waals surface area contributed by atoms with Crippen molar-refractivity contribution in [1.29, 1.82) is 0 Å². The predicted octanol–water partition coefficient (Wildman–Crippen LogP) is 1.45. The summed E-state index contributed by atoms with van der Waals surface area (Å²) in [6.07, 6.45) is 4.17. The molecule has 4 nitrogen and oxygen atoms in total. The second-order valence-corrected chi connectivity index (χ2v) is 5.13. The summed E-state index contributed by atoms with van der Waals surface area (Å²) in [6.45, 7) is 0. The summed E-state index contributed by atoms with van der Waals surface area (Å²) in [4.78, 5) is 0. The molecule has 1 aromatic heterocycles. The van der Waals surface area contributed by atoms with Crippen LogP contribution in [0, 0.1) is 0 Å². The number of aliphatic hydroxyl groups excluding tert-OH is 1. The van der Waals surface area contributed by atoms with E-state index in [1.807, 2.05) is 31.4 Å². The van der Waals surface area contributed by atoms with Gasteiger partial charge in [0.25, 0.3) is 0 Å². The highest BCUT2D eigenvalue weighted by Crippen LogP contribution is 2.51. The van der Waals surface area contributed by atoms with E-state index in [0.717, 1.165) is 18.5 Å². The molecule has 1 fully saturated rings. The highest BCUT2D eigenvalue weighted by atomic mass is 16.3. The van der Waals surface area contributed by atoms with E-state index >= 15 is 0 Å². The molecular formula is C14H17N3O. The van der Waals surface area contributed by atoms with Gasteiger partial charge in [0.2, 0.25) is 0 Å². The third-order valence-corrected chi connectivity index (χ3v) is 3.83. The first kappa shape index (κ1) is 11.4. The van der Waals surface area contributed by atoms with Crippen LogP contribution in [0.5, 0.6) is 0 Å². The Hall–Kier alpha value is -1.68. The Morgan fingerprint density at radius 2 is 2.06 bits per heavy atom. The van der Waals surface area contributed by atoms with E-state index in [0.29, 0.717) is 6.42 Å². The number of aliphatic hydroxyl groups is 1. The summed E-state index contributed by atoms with van der Waals surface area (Å²) >= 11 is 0. The minimum atomic E-state index is -0.378. The molecule has 1 N–H and O–H groups in total. The molecule has 0 aliphatic heterocycles. The molecular weight excluding hydrogens is 226 g/mol. The number of nitrogens with zero attached hydrogens (tertiary/aromatic N) is 3. The van der Waals surface area contributed by atoms with Gasteiger partial charge < -0.3 is 5.11 Å². The zero-order valence-electron chi connectivity index (χ0n) is 10.5. The summed E-state index contributed by atoms with van der Waals surface area (Å²) in [6, 6.07) is 10.3. The summed E-state index contributed by atoms with van der Waals surface area (Å²) in [5, 5.41) is 18.4. The number of aryl methyl sites for hydroxylation is 1. The van der Waals surface area contributed by atoms with Gasteiger partial charge in [0.15, 0.2) is 0 Å². The lowest BCUT2D eigenvalue weighted by molar-refractivity contribution is 0.130. The molecule has 2 aromatic rings. The third kappa shape index (κ3) is 1.93. The van der Waals surface area contributed by atoms with Crippen LogP contribution in [0.2, 0.25) is 0 Å². The molecule has 1 saturated carbocycles. The van der Waals surface area contributed by atoms with Crippen molar-refractivity contribution in [3.63, 3.8) is 0 Å². The van der Waals surface area contributed by atoms with Gasteiger partial charge in [0.1, 0.15) is 0 Å². The Kier molecular flexibility index (Phi) is 2.67. The molecule has 0 bridgehead atoms. The molecule has 1 aliphatic rings. The summed E-state index contributed by atoms with van der Waals surface area (Å²) in [7, 11) is 1.84. The molecule has 1 atom stereocenters. The molecule has 1 unspecified atom stereocenters. The van der Waals surface area contributed by atoms with Crippen LogP contribution in [0.1, 0.15) is 24.1 Å². The van der Waals surface area contributed by atoms with Crippen LogP contribution in [0.3, 0.4) is 0 Å². The number of aromatic nitrogens is 3. The zero-order chi connectivity index (χ0) is 12.6. The SMILES string of the molecule is Cn1cc(CC(O)C2(c3ccccc3)CC2)nn1. The maximum Gasteiger partial charge on any atom is 0.0853 e. The van der Waals surface area contributed by atoms with Crippen molar-refractivity contribution >= 4 is 0 Å². The van der Waals surface area contributed by atoms with Gasteiger partial charge in [0, 0.05) is 25.1 Å². The third-order valence-electron chi connectivity index (χ3n) is 3.83. The number of hydrogen-bond acceptors (Lipinski definition) is 3. The lowest BCUT2D eigenvalue weighted by Crippen LogP contribution is -2.28. The molecule has 0 saturated heterocycles.